The molecule has 4 rings (SSSR count). The Labute approximate surface area is 141 Å². The Bertz CT molecular complexity index is 655. The lowest BCUT2D eigenvalue weighted by Crippen LogP contribution is -2.57. The lowest BCUT2D eigenvalue weighted by Gasteiger charge is -2.50. The molecule has 4 heterocycles. The van der Waals surface area contributed by atoms with Gasteiger partial charge in [-0.05, 0) is 31.4 Å². The van der Waals surface area contributed by atoms with E-state index in [0.717, 1.165) is 44.9 Å². The fourth-order valence-electron chi connectivity index (χ4n) is 3.78. The van der Waals surface area contributed by atoms with Gasteiger partial charge in [0.1, 0.15) is 0 Å². The standard InChI is InChI=1S/C18H22N4O2/c1-2-8-19-16(5-1)24-14-18-7-3-12-23-15(18)6-11-22(13-18)17-20-9-4-10-21-17/h1-2,4-5,8-10,15H,3,6-7,11-14H2. The second-order valence-corrected chi connectivity index (χ2v) is 6.54. The Morgan fingerprint density at radius 3 is 2.88 bits per heavy atom. The second kappa shape index (κ2) is 6.73. The van der Waals surface area contributed by atoms with Crippen LogP contribution in [0.3, 0.4) is 0 Å². The van der Waals surface area contributed by atoms with E-state index in [-0.39, 0.29) is 11.5 Å². The number of rotatable bonds is 4. The van der Waals surface area contributed by atoms with Gasteiger partial charge < -0.3 is 14.4 Å². The first-order valence-corrected chi connectivity index (χ1v) is 8.53. The Morgan fingerprint density at radius 2 is 2.04 bits per heavy atom. The van der Waals surface area contributed by atoms with E-state index in [1.165, 1.54) is 0 Å². The van der Waals surface area contributed by atoms with E-state index in [9.17, 15) is 0 Å². The van der Waals surface area contributed by atoms with Crippen LogP contribution in [0.25, 0.3) is 0 Å². The molecule has 0 saturated carbocycles. The molecule has 6 heteroatoms. The van der Waals surface area contributed by atoms with Crippen molar-refractivity contribution in [1.82, 2.24) is 15.0 Å². The highest BCUT2D eigenvalue weighted by Gasteiger charge is 2.47. The molecule has 0 radical (unpaired) electrons. The predicted molar refractivity (Wildman–Crippen MR) is 90.0 cm³/mol. The molecule has 2 fully saturated rings. The average molecular weight is 326 g/mol. The second-order valence-electron chi connectivity index (χ2n) is 6.54. The number of ether oxygens (including phenoxy) is 2. The van der Waals surface area contributed by atoms with Gasteiger partial charge in [0.2, 0.25) is 11.8 Å². The molecule has 0 spiro atoms. The van der Waals surface area contributed by atoms with E-state index in [4.69, 9.17) is 9.47 Å². The molecule has 2 aromatic rings. The van der Waals surface area contributed by atoms with Crippen LogP contribution in [-0.4, -0.2) is 47.4 Å². The summed E-state index contributed by atoms with van der Waals surface area (Å²) >= 11 is 0. The predicted octanol–water partition coefficient (Wildman–Crippen LogP) is 2.33. The number of piperidine rings is 1. The number of hydrogen-bond acceptors (Lipinski definition) is 6. The van der Waals surface area contributed by atoms with Crippen LogP contribution in [0.5, 0.6) is 5.88 Å². The Balaban J connectivity index is 1.53. The van der Waals surface area contributed by atoms with Gasteiger partial charge in [0.25, 0.3) is 0 Å². The summed E-state index contributed by atoms with van der Waals surface area (Å²) < 4.78 is 12.1. The molecule has 0 aromatic carbocycles. The molecule has 2 atom stereocenters. The normalized spacial score (nSPS) is 26.7. The van der Waals surface area contributed by atoms with Crippen LogP contribution in [0.4, 0.5) is 5.95 Å². The van der Waals surface area contributed by atoms with Gasteiger partial charge in [-0.3, -0.25) is 0 Å². The molecule has 2 unspecified atom stereocenters. The number of anilines is 1. The molecule has 126 valence electrons. The summed E-state index contributed by atoms with van der Waals surface area (Å²) in [4.78, 5) is 15.4. The van der Waals surface area contributed by atoms with Crippen molar-refractivity contribution >= 4 is 5.95 Å². The molecule has 24 heavy (non-hydrogen) atoms. The highest BCUT2D eigenvalue weighted by atomic mass is 16.5. The molecule has 6 nitrogen and oxygen atoms in total. The van der Waals surface area contributed by atoms with Crippen LogP contribution in [0.2, 0.25) is 0 Å². The quantitative estimate of drug-likeness (QED) is 0.859. The van der Waals surface area contributed by atoms with Crippen molar-refractivity contribution in [1.29, 1.82) is 0 Å². The van der Waals surface area contributed by atoms with Crippen LogP contribution in [0, 0.1) is 5.41 Å². The number of fused-ring (bicyclic) bond motifs is 1. The first-order chi connectivity index (χ1) is 11.9. The first kappa shape index (κ1) is 15.3. The maximum atomic E-state index is 6.09. The Hall–Kier alpha value is -2.21. The SMILES string of the molecule is c1ccc(OCC23CCCOC2CCN(c2ncccn2)C3)nc1. The highest BCUT2D eigenvalue weighted by molar-refractivity contribution is 5.31. The van der Waals surface area contributed by atoms with Gasteiger partial charge >= 0.3 is 0 Å². The molecule has 2 aliphatic heterocycles. The molecule has 0 bridgehead atoms. The number of aromatic nitrogens is 3. The van der Waals surface area contributed by atoms with Crippen molar-refractivity contribution < 1.29 is 9.47 Å². The van der Waals surface area contributed by atoms with E-state index in [2.05, 4.69) is 19.9 Å². The van der Waals surface area contributed by atoms with E-state index in [1.807, 2.05) is 24.3 Å². The van der Waals surface area contributed by atoms with Crippen molar-refractivity contribution in [3.05, 3.63) is 42.9 Å². The van der Waals surface area contributed by atoms with Crippen LogP contribution in [-0.2, 0) is 4.74 Å². The van der Waals surface area contributed by atoms with Gasteiger partial charge in [0.05, 0.1) is 12.7 Å². The lowest BCUT2D eigenvalue weighted by atomic mass is 9.73. The fourth-order valence-corrected chi connectivity index (χ4v) is 3.78. The van der Waals surface area contributed by atoms with Crippen LogP contribution >= 0.6 is 0 Å². The van der Waals surface area contributed by atoms with Crippen molar-refractivity contribution in [2.24, 2.45) is 5.41 Å². The molecule has 0 N–H and O–H groups in total. The fraction of sp³-hybridized carbons (Fsp3) is 0.500. The summed E-state index contributed by atoms with van der Waals surface area (Å²) in [6.07, 6.45) is 8.71. The van der Waals surface area contributed by atoms with Crippen LogP contribution in [0.15, 0.2) is 42.9 Å². The van der Waals surface area contributed by atoms with Gasteiger partial charge in [-0.1, -0.05) is 6.07 Å². The lowest BCUT2D eigenvalue weighted by molar-refractivity contribution is -0.110. The summed E-state index contributed by atoms with van der Waals surface area (Å²) in [5, 5.41) is 0. The first-order valence-electron chi connectivity index (χ1n) is 8.53. The van der Waals surface area contributed by atoms with Crippen molar-refractivity contribution in [2.75, 3.05) is 31.2 Å². The Kier molecular flexibility index (Phi) is 4.30. The highest BCUT2D eigenvalue weighted by Crippen LogP contribution is 2.41. The molecule has 2 saturated heterocycles. The third-order valence-electron chi connectivity index (χ3n) is 4.97. The molecular formula is C18H22N4O2. The summed E-state index contributed by atoms with van der Waals surface area (Å²) in [7, 11) is 0. The zero-order valence-corrected chi connectivity index (χ0v) is 13.7. The van der Waals surface area contributed by atoms with Gasteiger partial charge in [-0.25, -0.2) is 15.0 Å². The zero-order valence-electron chi connectivity index (χ0n) is 13.7. The summed E-state index contributed by atoms with van der Waals surface area (Å²) in [5.41, 5.74) is -0.0345. The summed E-state index contributed by atoms with van der Waals surface area (Å²) in [5.74, 6) is 1.46. The smallest absolute Gasteiger partial charge is 0.225 e. The average Bonchev–Trinajstić information content (AvgIpc) is 2.67. The largest absolute Gasteiger partial charge is 0.477 e. The number of pyridine rings is 1. The molecule has 0 amide bonds. The van der Waals surface area contributed by atoms with Crippen molar-refractivity contribution in [2.45, 2.75) is 25.4 Å². The molecule has 2 aliphatic rings. The van der Waals surface area contributed by atoms with Crippen molar-refractivity contribution in [3.63, 3.8) is 0 Å². The van der Waals surface area contributed by atoms with Crippen molar-refractivity contribution in [3.8, 4) is 5.88 Å². The zero-order chi connectivity index (χ0) is 16.2. The molecular weight excluding hydrogens is 304 g/mol. The Morgan fingerprint density at radius 1 is 1.17 bits per heavy atom. The van der Waals surface area contributed by atoms with E-state index in [1.54, 1.807) is 18.6 Å². The topological polar surface area (TPSA) is 60.4 Å². The minimum atomic E-state index is -0.0345. The minimum absolute atomic E-state index is 0.0345. The third-order valence-corrected chi connectivity index (χ3v) is 4.97. The molecule has 2 aromatic heterocycles. The number of nitrogens with zero attached hydrogens (tertiary/aromatic N) is 4. The summed E-state index contributed by atoms with van der Waals surface area (Å²) in [6.45, 7) is 3.23. The van der Waals surface area contributed by atoms with Gasteiger partial charge in [-0.2, -0.15) is 0 Å². The minimum Gasteiger partial charge on any atom is -0.477 e. The van der Waals surface area contributed by atoms with Gasteiger partial charge in [0, 0.05) is 49.8 Å². The molecule has 0 aliphatic carbocycles. The van der Waals surface area contributed by atoms with Crippen LogP contribution in [0.1, 0.15) is 19.3 Å². The third kappa shape index (κ3) is 3.06. The van der Waals surface area contributed by atoms with Gasteiger partial charge in [-0.15, -0.1) is 0 Å². The van der Waals surface area contributed by atoms with Crippen LogP contribution < -0.4 is 9.64 Å². The van der Waals surface area contributed by atoms with E-state index >= 15 is 0 Å². The number of hydrogen-bond donors (Lipinski definition) is 0. The van der Waals surface area contributed by atoms with E-state index < -0.39 is 0 Å². The summed E-state index contributed by atoms with van der Waals surface area (Å²) in [6, 6.07) is 7.59. The van der Waals surface area contributed by atoms with E-state index in [0.29, 0.717) is 12.5 Å². The maximum Gasteiger partial charge on any atom is 0.225 e. The monoisotopic (exact) mass is 326 g/mol. The van der Waals surface area contributed by atoms with Gasteiger partial charge in [0.15, 0.2) is 0 Å². The maximum absolute atomic E-state index is 6.09.